The Kier molecular flexibility index (Phi) is 8.02. The van der Waals surface area contributed by atoms with Gasteiger partial charge in [0.1, 0.15) is 0 Å². The lowest BCUT2D eigenvalue weighted by Gasteiger charge is -2.13. The second-order valence-electron chi connectivity index (χ2n) is 7.44. The quantitative estimate of drug-likeness (QED) is 0.174. The highest BCUT2D eigenvalue weighted by Crippen LogP contribution is 2.31. The molecule has 11 nitrogen and oxygen atoms in total. The van der Waals surface area contributed by atoms with Gasteiger partial charge < -0.3 is 10.6 Å². The van der Waals surface area contributed by atoms with Gasteiger partial charge in [-0.3, -0.25) is 24.3 Å². The van der Waals surface area contributed by atoms with E-state index in [1.165, 1.54) is 58.5 Å². The number of aromatic nitrogens is 4. The zero-order valence-electron chi connectivity index (χ0n) is 19.0. The number of alkyl halides is 3. The molecule has 16 heteroatoms. The maximum absolute atomic E-state index is 13.4. The predicted molar refractivity (Wildman–Crippen MR) is 132 cm³/mol. The van der Waals surface area contributed by atoms with E-state index in [9.17, 15) is 32.9 Å². The van der Waals surface area contributed by atoms with Crippen LogP contribution in [0.4, 0.5) is 24.0 Å². The van der Waals surface area contributed by atoms with E-state index >= 15 is 0 Å². The number of amides is 2. The molecule has 0 saturated heterocycles. The van der Waals surface area contributed by atoms with Crippen LogP contribution in [0.15, 0.2) is 65.3 Å². The van der Waals surface area contributed by atoms with E-state index in [1.807, 2.05) is 0 Å². The molecule has 2 amide bonds. The minimum absolute atomic E-state index is 0.0761. The first-order valence-electron chi connectivity index (χ1n) is 10.6. The Morgan fingerprint density at radius 3 is 2.55 bits per heavy atom. The third-order valence-electron chi connectivity index (χ3n) is 4.89. The Morgan fingerprint density at radius 2 is 1.89 bits per heavy atom. The highest BCUT2D eigenvalue weighted by molar-refractivity contribution is 7.99. The van der Waals surface area contributed by atoms with Crippen LogP contribution < -0.4 is 10.6 Å². The fourth-order valence-corrected chi connectivity index (χ4v) is 4.47. The lowest BCUT2D eigenvalue weighted by Crippen LogP contribution is -2.24. The van der Waals surface area contributed by atoms with E-state index in [-0.39, 0.29) is 40.2 Å². The number of nitro benzene ring substituents is 1. The van der Waals surface area contributed by atoms with Crippen molar-refractivity contribution in [2.75, 3.05) is 11.1 Å². The van der Waals surface area contributed by atoms with Gasteiger partial charge >= 0.3 is 6.18 Å². The molecule has 2 heterocycles. The van der Waals surface area contributed by atoms with E-state index in [4.69, 9.17) is 0 Å². The van der Waals surface area contributed by atoms with Crippen molar-refractivity contribution in [3.63, 3.8) is 0 Å². The Morgan fingerprint density at radius 1 is 1.13 bits per heavy atom. The van der Waals surface area contributed by atoms with Crippen LogP contribution in [0.1, 0.15) is 21.7 Å². The number of rotatable bonds is 9. The summed E-state index contributed by atoms with van der Waals surface area (Å²) in [6, 6.07) is 9.35. The number of halogens is 3. The van der Waals surface area contributed by atoms with E-state index in [2.05, 4.69) is 25.8 Å². The molecule has 0 aliphatic carbocycles. The lowest BCUT2D eigenvalue weighted by molar-refractivity contribution is -0.384. The van der Waals surface area contributed by atoms with Crippen molar-refractivity contribution in [1.29, 1.82) is 0 Å². The topological polar surface area (TPSA) is 145 Å². The Balaban J connectivity index is 1.56. The number of carbonyl (C=O) groups is 2. The molecule has 196 valence electrons. The third-order valence-corrected chi connectivity index (χ3v) is 6.51. The monoisotopic (exact) mass is 563 g/mol. The van der Waals surface area contributed by atoms with E-state index < -0.39 is 28.5 Å². The van der Waals surface area contributed by atoms with Crippen molar-refractivity contribution in [1.82, 2.24) is 25.1 Å². The fraction of sp³-hybridized carbons (Fsp3) is 0.136. The summed E-state index contributed by atoms with van der Waals surface area (Å²) in [5, 5.41) is 26.2. The second-order valence-corrected chi connectivity index (χ2v) is 9.28. The number of thioether (sulfide) groups is 1. The van der Waals surface area contributed by atoms with Crippen LogP contribution in [0.5, 0.6) is 0 Å². The third kappa shape index (κ3) is 6.51. The van der Waals surface area contributed by atoms with Gasteiger partial charge in [0.2, 0.25) is 5.91 Å². The average molecular weight is 564 g/mol. The summed E-state index contributed by atoms with van der Waals surface area (Å²) in [6.07, 6.45) is -3.08. The molecule has 2 aromatic carbocycles. The largest absolute Gasteiger partial charge is 0.416 e. The van der Waals surface area contributed by atoms with Crippen molar-refractivity contribution in [3.8, 4) is 5.69 Å². The normalized spacial score (nSPS) is 11.2. The number of non-ortho nitro benzene ring substituents is 1. The highest BCUT2D eigenvalue weighted by atomic mass is 32.2. The van der Waals surface area contributed by atoms with Crippen LogP contribution in [0, 0.1) is 10.1 Å². The first-order chi connectivity index (χ1) is 18.1. The number of carbonyl (C=O) groups excluding carboxylic acids is 2. The fourth-order valence-electron chi connectivity index (χ4n) is 3.16. The molecule has 0 saturated carbocycles. The SMILES string of the molecule is O=C(CSc1nnc(CNC(=O)c2ccc([N+](=O)[O-])cc2)n1-c1cccc(C(F)(F)F)c1)Nc1nccs1. The van der Waals surface area contributed by atoms with Crippen LogP contribution >= 0.6 is 23.1 Å². The zero-order valence-corrected chi connectivity index (χ0v) is 20.6. The summed E-state index contributed by atoms with van der Waals surface area (Å²) in [5.41, 5.74) is -0.880. The summed E-state index contributed by atoms with van der Waals surface area (Å²) in [4.78, 5) is 39.0. The van der Waals surface area contributed by atoms with Gasteiger partial charge in [-0.05, 0) is 30.3 Å². The van der Waals surface area contributed by atoms with Gasteiger partial charge in [-0.1, -0.05) is 17.8 Å². The molecule has 0 unspecified atom stereocenters. The van der Waals surface area contributed by atoms with Crippen molar-refractivity contribution >= 4 is 45.7 Å². The highest BCUT2D eigenvalue weighted by Gasteiger charge is 2.31. The van der Waals surface area contributed by atoms with Crippen LogP contribution in [0.3, 0.4) is 0 Å². The number of hydrogen-bond donors (Lipinski definition) is 2. The van der Waals surface area contributed by atoms with Crippen molar-refractivity contribution in [3.05, 3.63) is 87.2 Å². The van der Waals surface area contributed by atoms with Gasteiger partial charge in [0.25, 0.3) is 11.6 Å². The van der Waals surface area contributed by atoms with Crippen molar-refractivity contribution in [2.24, 2.45) is 0 Å². The van der Waals surface area contributed by atoms with Crippen LogP contribution in [-0.2, 0) is 17.5 Å². The van der Waals surface area contributed by atoms with Gasteiger partial charge in [-0.25, -0.2) is 4.98 Å². The van der Waals surface area contributed by atoms with Gasteiger partial charge in [-0.15, -0.1) is 21.5 Å². The zero-order chi connectivity index (χ0) is 27.3. The van der Waals surface area contributed by atoms with Gasteiger partial charge in [0.05, 0.1) is 28.5 Å². The summed E-state index contributed by atoms with van der Waals surface area (Å²) < 4.78 is 41.4. The number of nitrogens with one attached hydrogen (secondary N) is 2. The molecule has 0 bridgehead atoms. The van der Waals surface area contributed by atoms with Gasteiger partial charge in [0.15, 0.2) is 16.1 Å². The first kappa shape index (κ1) is 26.7. The smallest absolute Gasteiger partial charge is 0.345 e. The molecule has 4 rings (SSSR count). The summed E-state index contributed by atoms with van der Waals surface area (Å²) in [7, 11) is 0. The molecule has 2 aromatic heterocycles. The van der Waals surface area contributed by atoms with Crippen molar-refractivity contribution in [2.45, 2.75) is 17.9 Å². The Labute approximate surface area is 220 Å². The maximum Gasteiger partial charge on any atom is 0.416 e. The van der Waals surface area contributed by atoms with Crippen LogP contribution in [0.25, 0.3) is 5.69 Å². The number of anilines is 1. The molecule has 2 N–H and O–H groups in total. The molecule has 4 aromatic rings. The molecule has 38 heavy (non-hydrogen) atoms. The minimum Gasteiger partial charge on any atom is -0.345 e. The number of thiazole rings is 1. The number of benzene rings is 2. The molecular formula is C22H16F3N7O4S2. The maximum atomic E-state index is 13.4. The predicted octanol–water partition coefficient (Wildman–Crippen LogP) is 4.31. The number of nitro groups is 1. The molecule has 0 radical (unpaired) electrons. The van der Waals surface area contributed by atoms with E-state index in [0.717, 1.165) is 23.9 Å². The number of hydrogen-bond acceptors (Lipinski definition) is 9. The minimum atomic E-state index is -4.60. The van der Waals surface area contributed by atoms with Crippen LogP contribution in [-0.4, -0.2) is 42.2 Å². The molecule has 0 aliphatic rings. The summed E-state index contributed by atoms with van der Waals surface area (Å²) in [5.74, 6) is -1.03. The lowest BCUT2D eigenvalue weighted by atomic mass is 10.2. The Bertz CT molecular complexity index is 1460. The standard InChI is InChI=1S/C22H16F3N7O4S2/c23-22(24,25)14-2-1-3-16(10-14)31-17(11-27-19(34)13-4-6-15(7-5-13)32(35)36)29-30-21(31)38-12-18(33)28-20-26-8-9-37-20/h1-10H,11-12H2,(H,27,34)(H,26,28,33). The Hall–Kier alpha value is -4.31. The summed E-state index contributed by atoms with van der Waals surface area (Å²) >= 11 is 2.16. The first-order valence-corrected chi connectivity index (χ1v) is 12.4. The molecule has 0 fully saturated rings. The average Bonchev–Trinajstić information content (AvgIpc) is 3.55. The van der Waals surface area contributed by atoms with Crippen molar-refractivity contribution < 1.29 is 27.7 Å². The summed E-state index contributed by atoms with van der Waals surface area (Å²) in [6.45, 7) is -0.231. The van der Waals surface area contributed by atoms with Crippen LogP contribution in [0.2, 0.25) is 0 Å². The number of nitrogens with zero attached hydrogens (tertiary/aromatic N) is 5. The molecule has 0 atom stereocenters. The molecule has 0 aliphatic heterocycles. The molecule has 0 spiro atoms. The second kappa shape index (κ2) is 11.4. The van der Waals surface area contributed by atoms with Gasteiger partial charge in [-0.2, -0.15) is 13.2 Å². The van der Waals surface area contributed by atoms with E-state index in [1.54, 1.807) is 5.38 Å². The van der Waals surface area contributed by atoms with E-state index in [0.29, 0.717) is 5.13 Å². The van der Waals surface area contributed by atoms with Gasteiger partial charge in [0, 0.05) is 29.3 Å². The molecular weight excluding hydrogens is 547 g/mol.